The molecule has 0 radical (unpaired) electrons. The van der Waals surface area contributed by atoms with Gasteiger partial charge in [0.05, 0.1) is 0 Å². The largest absolute Gasteiger partial charge is 0.465 e. The number of carboxylic acid groups (broad SMARTS) is 1. The molecule has 5 rings (SSSR count). The van der Waals surface area contributed by atoms with E-state index in [9.17, 15) is 14.7 Å². The van der Waals surface area contributed by atoms with Crippen LogP contribution in [-0.2, 0) is 10.3 Å². The molecule has 2 aliphatic rings. The highest BCUT2D eigenvalue weighted by Crippen LogP contribution is 2.40. The summed E-state index contributed by atoms with van der Waals surface area (Å²) in [4.78, 5) is 25.4. The minimum absolute atomic E-state index is 0.0292. The number of hydrogen-bond donors (Lipinski definition) is 3. The van der Waals surface area contributed by atoms with Gasteiger partial charge < -0.3 is 21.1 Å². The zero-order valence-electron chi connectivity index (χ0n) is 21.0. The van der Waals surface area contributed by atoms with Crippen molar-refractivity contribution in [1.29, 1.82) is 0 Å². The first-order valence-corrected chi connectivity index (χ1v) is 13.8. The average Bonchev–Trinajstić information content (AvgIpc) is 3.42. The van der Waals surface area contributed by atoms with Crippen LogP contribution >= 0.6 is 11.3 Å². The lowest BCUT2D eigenvalue weighted by Gasteiger charge is -2.38. The van der Waals surface area contributed by atoms with Crippen molar-refractivity contribution in [1.82, 2.24) is 15.1 Å². The van der Waals surface area contributed by atoms with Gasteiger partial charge in [-0.3, -0.25) is 4.79 Å². The van der Waals surface area contributed by atoms with Crippen LogP contribution in [0.4, 0.5) is 10.6 Å². The summed E-state index contributed by atoms with van der Waals surface area (Å²) >= 11 is 1.61. The molecule has 194 valence electrons. The number of anilines is 1. The van der Waals surface area contributed by atoms with E-state index in [0.717, 1.165) is 66.5 Å². The zero-order valence-corrected chi connectivity index (χ0v) is 21.8. The number of thiophene rings is 1. The van der Waals surface area contributed by atoms with Gasteiger partial charge in [-0.15, -0.1) is 10.2 Å². The first-order chi connectivity index (χ1) is 17.8. The maximum Gasteiger partial charge on any atom is 0.407 e. The number of benzene rings is 1. The lowest BCUT2D eigenvalue weighted by Crippen LogP contribution is -2.43. The van der Waals surface area contributed by atoms with Crippen LogP contribution in [0.15, 0.2) is 47.2 Å². The Labute approximate surface area is 220 Å². The quantitative estimate of drug-likeness (QED) is 0.368. The van der Waals surface area contributed by atoms with E-state index in [-0.39, 0.29) is 23.4 Å². The smallest absolute Gasteiger partial charge is 0.407 e. The second-order valence-corrected chi connectivity index (χ2v) is 11.2. The van der Waals surface area contributed by atoms with Crippen LogP contribution < -0.4 is 11.1 Å². The summed E-state index contributed by atoms with van der Waals surface area (Å²) in [6.45, 7) is 0. The summed E-state index contributed by atoms with van der Waals surface area (Å²) in [5.41, 5.74) is 11.1. The van der Waals surface area contributed by atoms with Gasteiger partial charge in [-0.2, -0.15) is 11.3 Å². The van der Waals surface area contributed by atoms with Gasteiger partial charge in [-0.25, -0.2) is 4.79 Å². The Morgan fingerprint density at radius 3 is 2.43 bits per heavy atom. The Bertz CT molecular complexity index is 1250. The molecule has 37 heavy (non-hydrogen) atoms. The van der Waals surface area contributed by atoms with Gasteiger partial charge in [0.1, 0.15) is 5.69 Å². The number of nitrogens with two attached hydrogens (primary N) is 1. The molecule has 8 nitrogen and oxygen atoms in total. The van der Waals surface area contributed by atoms with Crippen molar-refractivity contribution in [3.8, 4) is 22.4 Å². The lowest BCUT2D eigenvalue weighted by atomic mass is 9.72. The van der Waals surface area contributed by atoms with E-state index < -0.39 is 6.09 Å². The number of carbonyl (C=O) groups is 2. The van der Waals surface area contributed by atoms with Gasteiger partial charge in [0.2, 0.25) is 5.91 Å². The monoisotopic (exact) mass is 519 g/mol. The molecule has 0 saturated heterocycles. The zero-order chi connectivity index (χ0) is 26.0. The topological polar surface area (TPSA) is 121 Å². The molecule has 2 heterocycles. The molecule has 4 N–H and O–H groups in total. The molecule has 2 amide bonds. The van der Waals surface area contributed by atoms with E-state index in [4.69, 9.17) is 5.73 Å². The molecule has 2 saturated carbocycles. The Balaban J connectivity index is 1.28. The standard InChI is InChI=1S/C28H33N5O3S/c1-33(27(35)36)22-9-3-18(4-10-22)15-25(34)30-24-16-23(20-11-14-37-17-20)26(32-31-24)19-5-7-21(8-6-19)28(29)12-2-13-28/h5-8,11,14,16-18,22H,2-4,9-10,12-13,15,29H2,1H3,(H,35,36)(H,30,31,34)/t18-,22-. The highest BCUT2D eigenvalue weighted by atomic mass is 32.1. The predicted octanol–water partition coefficient (Wildman–Crippen LogP) is 5.71. The van der Waals surface area contributed by atoms with Gasteiger partial charge in [-0.05, 0) is 84.9 Å². The fourth-order valence-electron chi connectivity index (χ4n) is 5.46. The molecule has 2 aliphatic carbocycles. The van der Waals surface area contributed by atoms with Crippen LogP contribution in [0.3, 0.4) is 0 Å². The molecule has 0 atom stereocenters. The van der Waals surface area contributed by atoms with Crippen LogP contribution in [0.2, 0.25) is 0 Å². The van der Waals surface area contributed by atoms with E-state index in [2.05, 4.69) is 45.2 Å². The van der Waals surface area contributed by atoms with E-state index in [1.54, 1.807) is 18.4 Å². The summed E-state index contributed by atoms with van der Waals surface area (Å²) in [6, 6.07) is 12.3. The van der Waals surface area contributed by atoms with E-state index in [0.29, 0.717) is 12.2 Å². The minimum atomic E-state index is -0.901. The third-order valence-electron chi connectivity index (χ3n) is 8.01. The highest BCUT2D eigenvalue weighted by Gasteiger charge is 2.34. The molecule has 3 aromatic rings. The Morgan fingerprint density at radius 1 is 1.11 bits per heavy atom. The molecule has 9 heteroatoms. The van der Waals surface area contributed by atoms with Crippen molar-refractivity contribution in [2.45, 2.75) is 62.9 Å². The number of aromatic nitrogens is 2. The number of carbonyl (C=O) groups excluding carboxylic acids is 1. The summed E-state index contributed by atoms with van der Waals surface area (Å²) < 4.78 is 0. The molecular weight excluding hydrogens is 486 g/mol. The van der Waals surface area contributed by atoms with Gasteiger partial charge in [-0.1, -0.05) is 24.3 Å². The highest BCUT2D eigenvalue weighted by molar-refractivity contribution is 7.08. The Kier molecular flexibility index (Phi) is 7.26. The van der Waals surface area contributed by atoms with Crippen LogP contribution in [-0.4, -0.2) is 45.3 Å². The summed E-state index contributed by atoms with van der Waals surface area (Å²) in [5, 5.41) is 25.1. The van der Waals surface area contributed by atoms with Crippen molar-refractivity contribution in [3.63, 3.8) is 0 Å². The SMILES string of the molecule is CN(C(=O)O)[C@H]1CC[C@H](CC(=O)Nc2cc(-c3ccsc3)c(-c3ccc(C4(N)CCC4)cc3)nn2)CC1. The normalized spacial score (nSPS) is 20.6. The third-order valence-corrected chi connectivity index (χ3v) is 8.70. The van der Waals surface area contributed by atoms with Gasteiger partial charge in [0.15, 0.2) is 5.82 Å². The molecule has 2 aromatic heterocycles. The average molecular weight is 520 g/mol. The molecule has 0 unspecified atom stereocenters. The number of rotatable bonds is 7. The third kappa shape index (κ3) is 5.52. The summed E-state index contributed by atoms with van der Waals surface area (Å²) in [6.07, 6.45) is 5.92. The fraction of sp³-hybridized carbons (Fsp3) is 0.429. The predicted molar refractivity (Wildman–Crippen MR) is 145 cm³/mol. The Morgan fingerprint density at radius 2 is 1.84 bits per heavy atom. The van der Waals surface area contributed by atoms with Crippen molar-refractivity contribution in [3.05, 3.63) is 52.7 Å². The Hall–Kier alpha value is -3.30. The molecule has 2 fully saturated rings. The fourth-order valence-corrected chi connectivity index (χ4v) is 6.11. The van der Waals surface area contributed by atoms with Crippen molar-refractivity contribution >= 4 is 29.2 Å². The first-order valence-electron chi connectivity index (χ1n) is 12.9. The molecule has 0 bridgehead atoms. The van der Waals surface area contributed by atoms with Gasteiger partial charge >= 0.3 is 6.09 Å². The number of hydrogen-bond acceptors (Lipinski definition) is 6. The maximum atomic E-state index is 12.8. The van der Waals surface area contributed by atoms with Gasteiger partial charge in [0.25, 0.3) is 0 Å². The second kappa shape index (κ2) is 10.6. The van der Waals surface area contributed by atoms with Crippen LogP contribution in [0.25, 0.3) is 22.4 Å². The van der Waals surface area contributed by atoms with Gasteiger partial charge in [0, 0.05) is 36.2 Å². The number of nitrogens with one attached hydrogen (secondary N) is 1. The summed E-state index contributed by atoms with van der Waals surface area (Å²) in [7, 11) is 1.62. The van der Waals surface area contributed by atoms with E-state index >= 15 is 0 Å². The maximum absolute atomic E-state index is 12.8. The first kappa shape index (κ1) is 25.4. The van der Waals surface area contributed by atoms with Crippen molar-refractivity contribution < 1.29 is 14.7 Å². The summed E-state index contributed by atoms with van der Waals surface area (Å²) in [5.74, 6) is 0.578. The second-order valence-electron chi connectivity index (χ2n) is 10.4. The lowest BCUT2D eigenvalue weighted by molar-refractivity contribution is -0.117. The van der Waals surface area contributed by atoms with Crippen LogP contribution in [0, 0.1) is 5.92 Å². The number of nitrogens with zero attached hydrogens (tertiary/aromatic N) is 3. The minimum Gasteiger partial charge on any atom is -0.465 e. The molecular formula is C28H33N5O3S. The van der Waals surface area contributed by atoms with Crippen LogP contribution in [0.5, 0.6) is 0 Å². The molecule has 0 aliphatic heterocycles. The van der Waals surface area contributed by atoms with Crippen molar-refractivity contribution in [2.24, 2.45) is 11.7 Å². The van der Waals surface area contributed by atoms with E-state index in [1.807, 2.05) is 17.5 Å². The molecule has 0 spiro atoms. The number of amides is 2. The van der Waals surface area contributed by atoms with Crippen LogP contribution in [0.1, 0.15) is 56.9 Å². The van der Waals surface area contributed by atoms with E-state index in [1.165, 1.54) is 11.3 Å². The molecule has 1 aromatic carbocycles. The van der Waals surface area contributed by atoms with Crippen molar-refractivity contribution in [2.75, 3.05) is 12.4 Å².